The molecule has 0 aromatic carbocycles. The molecule has 0 bridgehead atoms. The van der Waals surface area contributed by atoms with E-state index in [2.05, 4.69) is 17.3 Å². The fraction of sp³-hybridized carbons (Fsp3) is 0.571. The molecule has 0 atom stereocenters. The van der Waals surface area contributed by atoms with Crippen LogP contribution in [0.5, 0.6) is 0 Å². The molecule has 1 saturated carbocycles. The van der Waals surface area contributed by atoms with Crippen molar-refractivity contribution < 1.29 is 0 Å². The Bertz CT molecular complexity index is 199. The van der Waals surface area contributed by atoms with Gasteiger partial charge in [0.2, 0.25) is 0 Å². The monoisotopic (exact) mass is 139 g/mol. The topological polar surface area (TPSA) is 12.9 Å². The molecule has 9 heavy (non-hydrogen) atoms. The van der Waals surface area contributed by atoms with Gasteiger partial charge in [0.15, 0.2) is 0 Å². The Balaban J connectivity index is 2.34. The van der Waals surface area contributed by atoms with E-state index in [4.69, 9.17) is 0 Å². The molecule has 1 heterocycles. The second kappa shape index (κ2) is 1.57. The second-order valence-electron chi connectivity index (χ2n) is 2.93. The lowest BCUT2D eigenvalue weighted by molar-refractivity contribution is 0.758. The van der Waals surface area contributed by atoms with Gasteiger partial charge >= 0.3 is 0 Å². The summed E-state index contributed by atoms with van der Waals surface area (Å²) in [5.41, 5.74) is 3.69. The maximum absolute atomic E-state index is 4.27. The summed E-state index contributed by atoms with van der Waals surface area (Å²) in [4.78, 5) is 4.27. The van der Waals surface area contributed by atoms with E-state index in [1.54, 1.807) is 11.3 Å². The van der Waals surface area contributed by atoms with E-state index in [1.165, 1.54) is 18.5 Å². The predicted octanol–water partition coefficient (Wildman–Crippen LogP) is 2.19. The summed E-state index contributed by atoms with van der Waals surface area (Å²) in [5, 5.41) is 2.16. The molecule has 1 nitrogen and oxygen atoms in total. The standard InChI is InChI=1S/C7H9NS/c1-7(2-3-7)6-4-9-5-8-6/h4-5H,2-3H2,1H3. The quantitative estimate of drug-likeness (QED) is 0.581. The van der Waals surface area contributed by atoms with Crippen LogP contribution in [0.1, 0.15) is 25.5 Å². The third-order valence-corrected chi connectivity index (χ3v) is 2.64. The normalized spacial score (nSPS) is 21.9. The molecular weight excluding hydrogens is 130 g/mol. The Morgan fingerprint density at radius 1 is 1.67 bits per heavy atom. The first-order valence-corrected chi connectivity index (χ1v) is 4.14. The van der Waals surface area contributed by atoms with E-state index in [0.717, 1.165) is 0 Å². The van der Waals surface area contributed by atoms with E-state index >= 15 is 0 Å². The molecule has 2 heteroatoms. The van der Waals surface area contributed by atoms with E-state index in [0.29, 0.717) is 5.41 Å². The van der Waals surface area contributed by atoms with Gasteiger partial charge in [-0.2, -0.15) is 0 Å². The van der Waals surface area contributed by atoms with Crippen LogP contribution in [0.2, 0.25) is 0 Å². The van der Waals surface area contributed by atoms with Crippen LogP contribution in [0, 0.1) is 0 Å². The van der Waals surface area contributed by atoms with Crippen LogP contribution in [0.3, 0.4) is 0 Å². The van der Waals surface area contributed by atoms with Crippen molar-refractivity contribution in [2.24, 2.45) is 0 Å². The SMILES string of the molecule is CC1(c2cscn2)CC1. The summed E-state index contributed by atoms with van der Waals surface area (Å²) < 4.78 is 0. The third kappa shape index (κ3) is 0.778. The number of nitrogens with zero attached hydrogens (tertiary/aromatic N) is 1. The minimum atomic E-state index is 0.472. The zero-order valence-corrected chi connectivity index (χ0v) is 6.24. The zero-order chi connectivity index (χ0) is 6.32. The largest absolute Gasteiger partial charge is 0.249 e. The summed E-state index contributed by atoms with van der Waals surface area (Å²) in [6.07, 6.45) is 2.66. The molecule has 2 rings (SSSR count). The highest BCUT2D eigenvalue weighted by Gasteiger charge is 2.40. The molecule has 0 unspecified atom stereocenters. The van der Waals surface area contributed by atoms with Crippen LogP contribution >= 0.6 is 11.3 Å². The highest BCUT2D eigenvalue weighted by atomic mass is 32.1. The van der Waals surface area contributed by atoms with Gasteiger partial charge in [0.05, 0.1) is 11.2 Å². The molecule has 1 aliphatic rings. The fourth-order valence-corrected chi connectivity index (χ4v) is 1.66. The second-order valence-corrected chi connectivity index (χ2v) is 3.65. The van der Waals surface area contributed by atoms with Gasteiger partial charge in [0.25, 0.3) is 0 Å². The molecule has 1 aromatic rings. The number of thiazole rings is 1. The maximum Gasteiger partial charge on any atom is 0.0794 e. The summed E-state index contributed by atoms with van der Waals surface area (Å²) in [7, 11) is 0. The van der Waals surface area contributed by atoms with E-state index in [1.807, 2.05) is 5.51 Å². The number of aromatic nitrogens is 1. The van der Waals surface area contributed by atoms with Gasteiger partial charge in [-0.3, -0.25) is 0 Å². The van der Waals surface area contributed by atoms with Gasteiger partial charge in [0.1, 0.15) is 0 Å². The Labute approximate surface area is 58.7 Å². The summed E-state index contributed by atoms with van der Waals surface area (Å²) in [6, 6.07) is 0. The first kappa shape index (κ1) is 5.42. The van der Waals surface area contributed by atoms with Crippen molar-refractivity contribution in [1.82, 2.24) is 4.98 Å². The summed E-state index contributed by atoms with van der Waals surface area (Å²) >= 11 is 1.70. The van der Waals surface area contributed by atoms with E-state index in [-0.39, 0.29) is 0 Å². The molecule has 1 fully saturated rings. The smallest absolute Gasteiger partial charge is 0.0794 e. The van der Waals surface area contributed by atoms with Crippen LogP contribution in [0.15, 0.2) is 10.9 Å². The van der Waals surface area contributed by atoms with Gasteiger partial charge in [0, 0.05) is 10.8 Å². The van der Waals surface area contributed by atoms with E-state index < -0.39 is 0 Å². The lowest BCUT2D eigenvalue weighted by Crippen LogP contribution is -1.98. The van der Waals surface area contributed by atoms with Gasteiger partial charge in [-0.1, -0.05) is 6.92 Å². The van der Waals surface area contributed by atoms with E-state index in [9.17, 15) is 0 Å². The molecule has 0 aliphatic heterocycles. The Hall–Kier alpha value is -0.370. The molecular formula is C7H9NS. The average molecular weight is 139 g/mol. The van der Waals surface area contributed by atoms with Crippen LogP contribution < -0.4 is 0 Å². The average Bonchev–Trinajstić information content (AvgIpc) is 2.46. The highest BCUT2D eigenvalue weighted by molar-refractivity contribution is 7.07. The molecule has 0 amide bonds. The maximum atomic E-state index is 4.27. The first-order chi connectivity index (χ1) is 4.31. The third-order valence-electron chi connectivity index (χ3n) is 2.05. The molecule has 1 aliphatic carbocycles. The van der Waals surface area contributed by atoms with Crippen LogP contribution in [-0.4, -0.2) is 4.98 Å². The molecule has 0 radical (unpaired) electrons. The lowest BCUT2D eigenvalue weighted by atomic mass is 10.1. The van der Waals surface area contributed by atoms with Crippen molar-refractivity contribution in [1.29, 1.82) is 0 Å². The Kier molecular flexibility index (Phi) is 0.943. The Morgan fingerprint density at radius 2 is 2.44 bits per heavy atom. The van der Waals surface area contributed by atoms with Gasteiger partial charge in [-0.15, -0.1) is 11.3 Å². The number of hydrogen-bond donors (Lipinski definition) is 0. The van der Waals surface area contributed by atoms with Crippen molar-refractivity contribution in [2.45, 2.75) is 25.2 Å². The van der Waals surface area contributed by atoms with Crippen molar-refractivity contribution in [3.8, 4) is 0 Å². The predicted molar refractivity (Wildman–Crippen MR) is 38.7 cm³/mol. The molecule has 0 saturated heterocycles. The highest BCUT2D eigenvalue weighted by Crippen LogP contribution is 2.46. The van der Waals surface area contributed by atoms with Gasteiger partial charge < -0.3 is 0 Å². The summed E-state index contributed by atoms with van der Waals surface area (Å²) in [5.74, 6) is 0. The van der Waals surface area contributed by atoms with Crippen molar-refractivity contribution in [3.63, 3.8) is 0 Å². The number of rotatable bonds is 1. The lowest BCUT2D eigenvalue weighted by Gasteiger charge is -1.99. The van der Waals surface area contributed by atoms with Gasteiger partial charge in [-0.05, 0) is 12.8 Å². The molecule has 0 spiro atoms. The summed E-state index contributed by atoms with van der Waals surface area (Å²) in [6.45, 7) is 2.28. The van der Waals surface area contributed by atoms with Crippen LogP contribution in [0.4, 0.5) is 0 Å². The Morgan fingerprint density at radius 3 is 2.89 bits per heavy atom. The van der Waals surface area contributed by atoms with Gasteiger partial charge in [-0.25, -0.2) is 4.98 Å². The van der Waals surface area contributed by atoms with Crippen molar-refractivity contribution in [3.05, 3.63) is 16.6 Å². The number of hydrogen-bond acceptors (Lipinski definition) is 2. The fourth-order valence-electron chi connectivity index (χ4n) is 0.954. The molecule has 1 aromatic heterocycles. The van der Waals surface area contributed by atoms with Crippen LogP contribution in [-0.2, 0) is 5.41 Å². The molecule has 0 N–H and O–H groups in total. The molecule has 48 valence electrons. The van der Waals surface area contributed by atoms with Crippen molar-refractivity contribution >= 4 is 11.3 Å². The van der Waals surface area contributed by atoms with Crippen molar-refractivity contribution in [2.75, 3.05) is 0 Å². The zero-order valence-electron chi connectivity index (χ0n) is 5.42. The minimum absolute atomic E-state index is 0.472. The first-order valence-electron chi connectivity index (χ1n) is 3.20. The van der Waals surface area contributed by atoms with Crippen LogP contribution in [0.25, 0.3) is 0 Å². The minimum Gasteiger partial charge on any atom is -0.249 e.